The van der Waals surface area contributed by atoms with E-state index in [9.17, 15) is 101 Å². The summed E-state index contributed by atoms with van der Waals surface area (Å²) in [4.78, 5) is 87.2. The molecule has 0 aromatic heterocycles. The maximum absolute atomic E-state index is 13.8. The SMILES string of the molecule is BrB(Br)Br.COc1c(F)cc(C(=O)Nc2ccc(C(F)(F)F)cc2)cc1C=O.COc1c(F)cc(C(=O)O)cc1C=O.Nc1ccc(C(F)(F)F)cc1.O=Cc1cc(C(=O)Nc2ccc(C(F)(F)F)cc2)cc(F)c1O.O=Cc1cc(C(=O)O)cc(F)c1O. The fraction of sp³-hybridized carbons (Fsp3) is 0.0909. The number of halogens is 16. The minimum Gasteiger partial charge on any atom is -0.504 e. The maximum Gasteiger partial charge on any atom is 0.416 e. The standard InChI is InChI=1S/C16H11F4NO3.C15H9F4NO3.C9H7FO4.C8H5FO4.C7H6F3N.BBr3/c1-24-14-10(8-22)6-9(7-13(14)17)15(23)21-12-4-2-11(3-5-12)16(18,19)20;16-12-6-8(5-9(7-21)13(12)22)14(23)20-11-3-1-10(2-4-11)15(17,18)19;1-14-8-6(4-11)2-5(9(12)13)3-7(8)10;9-6-2-4(8(12)13)1-5(3-10)7(6)11;8-7(9,10)5-1-3-6(11)4-2-5;2-1(3)4/h2-8H,1H3,(H,21,23);1-7,22H,(H,20,23);2-4H,1H3,(H,12,13);1-3,11H,(H,12,13);1-4H,11H2;. The molecule has 34 heteroatoms. The minimum atomic E-state index is -4.50. The van der Waals surface area contributed by atoms with E-state index in [4.69, 9.17) is 25.8 Å². The maximum atomic E-state index is 13.8. The number of aldehydes is 4. The van der Waals surface area contributed by atoms with E-state index >= 15 is 0 Å². The van der Waals surface area contributed by atoms with Gasteiger partial charge < -0.3 is 46.3 Å². The number of nitrogen functional groups attached to an aromatic ring is 1. The number of anilines is 3. The molecule has 0 saturated carbocycles. The number of phenols is 2. The van der Waals surface area contributed by atoms with E-state index < -0.39 is 99.3 Å². The van der Waals surface area contributed by atoms with Crippen molar-refractivity contribution in [3.63, 3.8) is 0 Å². The Kier molecular flexibility index (Phi) is 29.2. The van der Waals surface area contributed by atoms with Crippen molar-refractivity contribution >= 4 is 116 Å². The van der Waals surface area contributed by atoms with Gasteiger partial charge in [-0.25, -0.2) is 27.2 Å². The Hall–Kier alpha value is -9.31. The first kappa shape index (κ1) is 75.8. The topological polar surface area (TPSA) is 286 Å². The molecule has 7 aromatic rings. The summed E-state index contributed by atoms with van der Waals surface area (Å²) >= 11 is 9.31. The lowest BCUT2D eigenvalue weighted by Gasteiger charge is -2.10. The van der Waals surface area contributed by atoms with Crippen molar-refractivity contribution in [2.24, 2.45) is 0 Å². The number of nitrogens with one attached hydrogen (secondary N) is 2. The Balaban J connectivity index is 0.000000385. The Bertz CT molecular complexity index is 3660. The van der Waals surface area contributed by atoms with Crippen molar-refractivity contribution in [3.05, 3.63) is 206 Å². The number of amides is 2. The summed E-state index contributed by atoms with van der Waals surface area (Å²) in [6.07, 6.45) is -12.2. The average Bonchev–Trinajstić information content (AvgIpc) is 1.66. The largest absolute Gasteiger partial charge is 0.504 e. The summed E-state index contributed by atoms with van der Waals surface area (Å²) < 4.78 is 173. The highest BCUT2D eigenvalue weighted by atomic mass is 79.9. The normalized spacial score (nSPS) is 10.5. The Morgan fingerprint density at radius 1 is 0.449 bits per heavy atom. The van der Waals surface area contributed by atoms with Crippen LogP contribution in [0.4, 0.5) is 74.1 Å². The van der Waals surface area contributed by atoms with Crippen LogP contribution in [0.3, 0.4) is 0 Å². The van der Waals surface area contributed by atoms with Gasteiger partial charge in [0.05, 0.1) is 64.3 Å². The predicted molar refractivity (Wildman–Crippen MR) is 305 cm³/mol. The number of carbonyl (C=O) groups is 8. The number of alkyl halides is 9. The number of benzene rings is 7. The van der Waals surface area contributed by atoms with Gasteiger partial charge in [-0.2, -0.15) is 39.5 Å². The zero-order chi connectivity index (χ0) is 67.9. The number of carboxylic acid groups (broad SMARTS) is 2. The summed E-state index contributed by atoms with van der Waals surface area (Å²) in [5.74, 6) is -10.6. The lowest BCUT2D eigenvalue weighted by Crippen LogP contribution is -2.13. The summed E-state index contributed by atoms with van der Waals surface area (Å²) in [7, 11) is 2.37. The van der Waals surface area contributed by atoms with E-state index in [0.29, 0.717) is 30.4 Å². The summed E-state index contributed by atoms with van der Waals surface area (Å²) in [6, 6.07) is 18.8. The Labute approximate surface area is 517 Å². The van der Waals surface area contributed by atoms with Crippen LogP contribution in [0.25, 0.3) is 0 Å². The number of hydrogen-bond donors (Lipinski definition) is 7. The van der Waals surface area contributed by atoms with Crippen LogP contribution in [0.2, 0.25) is 0 Å². The van der Waals surface area contributed by atoms with Crippen molar-refractivity contribution in [1.82, 2.24) is 0 Å². The quantitative estimate of drug-likeness (QED) is 0.0259. The molecule has 0 aliphatic rings. The number of carbonyl (C=O) groups excluding carboxylic acids is 6. The van der Waals surface area contributed by atoms with Crippen molar-refractivity contribution < 1.29 is 125 Å². The van der Waals surface area contributed by atoms with Crippen LogP contribution >= 0.6 is 47.3 Å². The lowest BCUT2D eigenvalue weighted by atomic mass is 10.1. The van der Waals surface area contributed by atoms with E-state index in [1.807, 2.05) is 0 Å². The van der Waals surface area contributed by atoms with Gasteiger partial charge in [0.2, 0.25) is 0 Å². The number of aromatic carboxylic acids is 2. The smallest absolute Gasteiger partial charge is 0.416 e. The molecule has 0 heterocycles. The molecular weight excluding hydrogens is 1420 g/mol. The molecule has 7 rings (SSSR count). The van der Waals surface area contributed by atoms with Crippen molar-refractivity contribution in [2.45, 2.75) is 18.5 Å². The number of carboxylic acids is 2. The number of phenolic OH excluding ortho intramolecular Hbond substituents is 2. The van der Waals surface area contributed by atoms with E-state index in [-0.39, 0.29) is 77.6 Å². The first-order valence-corrected chi connectivity index (χ1v) is 26.0. The number of ether oxygens (including phenoxy) is 2. The molecule has 0 saturated heterocycles. The highest BCUT2D eigenvalue weighted by Gasteiger charge is 2.32. The number of nitrogens with two attached hydrogens (primary N) is 1. The van der Waals surface area contributed by atoms with E-state index in [1.54, 1.807) is 0 Å². The molecule has 0 spiro atoms. The van der Waals surface area contributed by atoms with Gasteiger partial charge in [-0.1, -0.05) is 0 Å². The number of rotatable bonds is 12. The third-order valence-electron chi connectivity index (χ3n) is 10.4. The molecule has 89 heavy (non-hydrogen) atoms. The first-order valence-electron chi connectivity index (χ1n) is 23.3. The second-order valence-corrected chi connectivity index (χ2v) is 22.9. The van der Waals surface area contributed by atoms with E-state index in [1.165, 1.54) is 26.4 Å². The Morgan fingerprint density at radius 3 is 0.978 bits per heavy atom. The Morgan fingerprint density at radius 2 is 0.697 bits per heavy atom. The van der Waals surface area contributed by atoms with Crippen LogP contribution in [-0.4, -0.2) is 86.7 Å². The molecule has 0 radical (unpaired) electrons. The van der Waals surface area contributed by atoms with Gasteiger partial charge in [0.25, 0.3) is 11.8 Å². The minimum absolute atomic E-state index is 0.0594. The molecule has 17 nitrogen and oxygen atoms in total. The number of aromatic hydroxyl groups is 2. The summed E-state index contributed by atoms with van der Waals surface area (Å²) in [6.45, 7) is 0. The molecular formula is C55H38BBr3F13N3O14. The number of hydrogen-bond acceptors (Lipinski definition) is 13. The van der Waals surface area contributed by atoms with Gasteiger partial charge in [-0.15, -0.1) is 47.3 Å². The van der Waals surface area contributed by atoms with Crippen molar-refractivity contribution in [3.8, 4) is 23.0 Å². The number of methoxy groups -OCH3 is 2. The molecule has 2 amide bonds. The third-order valence-corrected chi connectivity index (χ3v) is 10.4. The average molecular weight is 1460 g/mol. The van der Waals surface area contributed by atoms with Gasteiger partial charge in [0.15, 0.2) is 71.4 Å². The fourth-order valence-electron chi connectivity index (χ4n) is 6.33. The van der Waals surface area contributed by atoms with Crippen molar-refractivity contribution in [1.29, 1.82) is 0 Å². The molecule has 7 aromatic carbocycles. The van der Waals surface area contributed by atoms with Crippen LogP contribution in [-0.2, 0) is 18.5 Å². The first-order chi connectivity index (χ1) is 41.4. The second-order valence-electron chi connectivity index (χ2n) is 16.5. The summed E-state index contributed by atoms with van der Waals surface area (Å²) in [5.41, 5.74) is 1.11. The monoisotopic (exact) mass is 1460 g/mol. The zero-order valence-electron chi connectivity index (χ0n) is 44.4. The van der Waals surface area contributed by atoms with Gasteiger partial charge in [0, 0.05) is 28.2 Å². The predicted octanol–water partition coefficient (Wildman–Crippen LogP) is 14.4. The van der Waals surface area contributed by atoms with E-state index in [2.05, 4.69) is 62.6 Å². The molecule has 0 fully saturated rings. The van der Waals surface area contributed by atoms with Crippen LogP contribution in [0.15, 0.2) is 121 Å². The highest BCUT2D eigenvalue weighted by molar-refractivity contribution is 9.69. The third kappa shape index (κ3) is 24.1. The van der Waals surface area contributed by atoms with Gasteiger partial charge in [0.1, 0.15) is 0 Å². The summed E-state index contributed by atoms with van der Waals surface area (Å²) in [5, 5.41) is 39.8. The van der Waals surface area contributed by atoms with Crippen LogP contribution in [0.5, 0.6) is 23.0 Å². The molecule has 0 bridgehead atoms. The molecule has 0 atom stereocenters. The van der Waals surface area contributed by atoms with Crippen LogP contribution in [0.1, 0.15) is 99.6 Å². The second kappa shape index (κ2) is 34.3. The highest BCUT2D eigenvalue weighted by Crippen LogP contribution is 2.33. The van der Waals surface area contributed by atoms with Crippen LogP contribution < -0.4 is 25.8 Å². The molecule has 0 unspecified atom stereocenters. The van der Waals surface area contributed by atoms with E-state index in [0.717, 1.165) is 97.1 Å². The van der Waals surface area contributed by atoms with Crippen molar-refractivity contribution in [2.75, 3.05) is 30.6 Å². The molecule has 0 aliphatic heterocycles. The molecule has 0 aliphatic carbocycles. The zero-order valence-corrected chi connectivity index (χ0v) is 49.2. The lowest BCUT2D eigenvalue weighted by molar-refractivity contribution is -0.138. The fourth-order valence-corrected chi connectivity index (χ4v) is 6.33. The molecule has 8 N–H and O–H groups in total. The van der Waals surface area contributed by atoms with Gasteiger partial charge in [-0.3, -0.25) is 28.8 Å². The van der Waals surface area contributed by atoms with Crippen LogP contribution in [0, 0.1) is 23.3 Å². The van der Waals surface area contributed by atoms with Gasteiger partial charge >= 0.3 is 33.7 Å². The van der Waals surface area contributed by atoms with Gasteiger partial charge in [-0.05, 0) is 121 Å². The molecule has 472 valence electrons.